The summed E-state index contributed by atoms with van der Waals surface area (Å²) in [5.74, 6) is 0.456. The van der Waals surface area contributed by atoms with Gasteiger partial charge in [-0.2, -0.15) is 0 Å². The molecular weight excluding hydrogens is 388 g/mol. The third kappa shape index (κ3) is 6.45. The van der Waals surface area contributed by atoms with Gasteiger partial charge in [-0.15, -0.1) is 0 Å². The summed E-state index contributed by atoms with van der Waals surface area (Å²) in [5, 5.41) is 3.19. The van der Waals surface area contributed by atoms with Crippen molar-refractivity contribution < 1.29 is 17.9 Å². The van der Waals surface area contributed by atoms with Gasteiger partial charge in [0.15, 0.2) is 0 Å². The highest BCUT2D eigenvalue weighted by atomic mass is 35.5. The first-order valence-electron chi connectivity index (χ1n) is 8.56. The standard InChI is InChI=1S/C19H23ClN2O4S/c1-3-26-16-12-10-15(11-13-16)22(27(2,24)25)14-6-9-19(23)21-18-8-5-4-7-17(18)20/h4-5,7-8,10-13H,3,6,9,14H2,1-2H3,(H,21,23). The van der Waals surface area contributed by atoms with Gasteiger partial charge in [-0.25, -0.2) is 8.42 Å². The molecule has 0 atom stereocenters. The average Bonchev–Trinajstić information content (AvgIpc) is 2.61. The van der Waals surface area contributed by atoms with Gasteiger partial charge in [-0.05, 0) is 49.7 Å². The molecule has 27 heavy (non-hydrogen) atoms. The van der Waals surface area contributed by atoms with Crippen molar-refractivity contribution in [2.24, 2.45) is 0 Å². The number of rotatable bonds is 9. The van der Waals surface area contributed by atoms with Crippen LogP contribution in [0.5, 0.6) is 5.75 Å². The van der Waals surface area contributed by atoms with Crippen molar-refractivity contribution in [2.45, 2.75) is 19.8 Å². The average molecular weight is 411 g/mol. The van der Waals surface area contributed by atoms with E-state index in [0.29, 0.717) is 35.2 Å². The molecule has 0 fully saturated rings. The molecule has 1 amide bonds. The molecule has 2 aromatic carbocycles. The second kappa shape index (κ2) is 9.62. The van der Waals surface area contributed by atoms with E-state index in [1.165, 1.54) is 4.31 Å². The second-order valence-electron chi connectivity index (χ2n) is 5.89. The van der Waals surface area contributed by atoms with Crippen LogP contribution in [-0.2, 0) is 14.8 Å². The Morgan fingerprint density at radius 1 is 1.15 bits per heavy atom. The van der Waals surface area contributed by atoms with Crippen LogP contribution in [0, 0.1) is 0 Å². The van der Waals surface area contributed by atoms with Gasteiger partial charge in [-0.1, -0.05) is 23.7 Å². The van der Waals surface area contributed by atoms with E-state index in [0.717, 1.165) is 6.26 Å². The fourth-order valence-corrected chi connectivity index (χ4v) is 3.67. The molecule has 0 spiro atoms. The zero-order valence-corrected chi connectivity index (χ0v) is 16.9. The number of anilines is 2. The minimum absolute atomic E-state index is 0.175. The molecule has 0 saturated carbocycles. The Morgan fingerprint density at radius 2 is 1.81 bits per heavy atom. The topological polar surface area (TPSA) is 75.7 Å². The van der Waals surface area contributed by atoms with E-state index in [-0.39, 0.29) is 18.9 Å². The van der Waals surface area contributed by atoms with Gasteiger partial charge < -0.3 is 10.1 Å². The van der Waals surface area contributed by atoms with Crippen LogP contribution in [-0.4, -0.2) is 33.7 Å². The quantitative estimate of drug-likeness (QED) is 0.679. The van der Waals surface area contributed by atoms with E-state index >= 15 is 0 Å². The monoisotopic (exact) mass is 410 g/mol. The van der Waals surface area contributed by atoms with Crippen molar-refractivity contribution in [3.63, 3.8) is 0 Å². The number of hydrogen-bond acceptors (Lipinski definition) is 4. The predicted molar refractivity (Wildman–Crippen MR) is 109 cm³/mol. The Bertz CT molecular complexity index is 870. The Hall–Kier alpha value is -2.25. The number of hydrogen-bond donors (Lipinski definition) is 1. The molecule has 0 saturated heterocycles. The third-order valence-electron chi connectivity index (χ3n) is 3.75. The number of nitrogens with one attached hydrogen (secondary N) is 1. The Labute approximate surface area is 165 Å². The lowest BCUT2D eigenvalue weighted by molar-refractivity contribution is -0.116. The lowest BCUT2D eigenvalue weighted by Crippen LogP contribution is -2.31. The number of para-hydroxylation sites is 1. The summed E-state index contributed by atoms with van der Waals surface area (Å²) in [6, 6.07) is 13.8. The Morgan fingerprint density at radius 3 is 2.41 bits per heavy atom. The molecule has 2 rings (SSSR count). The van der Waals surface area contributed by atoms with Crippen LogP contribution in [0.3, 0.4) is 0 Å². The lowest BCUT2D eigenvalue weighted by atomic mass is 10.2. The molecular formula is C19H23ClN2O4S. The van der Waals surface area contributed by atoms with Crippen LogP contribution in [0.1, 0.15) is 19.8 Å². The van der Waals surface area contributed by atoms with Crippen molar-refractivity contribution in [2.75, 3.05) is 29.0 Å². The summed E-state index contributed by atoms with van der Waals surface area (Å²) < 4.78 is 30.9. The summed E-state index contributed by atoms with van der Waals surface area (Å²) in [7, 11) is -3.47. The van der Waals surface area contributed by atoms with Crippen LogP contribution in [0.2, 0.25) is 5.02 Å². The molecule has 1 N–H and O–H groups in total. The van der Waals surface area contributed by atoms with E-state index in [1.54, 1.807) is 48.5 Å². The minimum Gasteiger partial charge on any atom is -0.494 e. The molecule has 0 unspecified atom stereocenters. The molecule has 0 aromatic heterocycles. The Balaban J connectivity index is 1.97. The van der Waals surface area contributed by atoms with E-state index < -0.39 is 10.0 Å². The van der Waals surface area contributed by atoms with Gasteiger partial charge in [-0.3, -0.25) is 9.10 Å². The van der Waals surface area contributed by atoms with Gasteiger partial charge in [0.2, 0.25) is 15.9 Å². The number of halogens is 1. The maximum atomic E-state index is 12.1. The SMILES string of the molecule is CCOc1ccc(N(CCCC(=O)Nc2ccccc2Cl)S(C)(=O)=O)cc1. The maximum absolute atomic E-state index is 12.1. The summed E-state index contributed by atoms with van der Waals surface area (Å²) >= 11 is 6.02. The first-order valence-corrected chi connectivity index (χ1v) is 10.8. The highest BCUT2D eigenvalue weighted by Crippen LogP contribution is 2.23. The van der Waals surface area contributed by atoms with E-state index in [9.17, 15) is 13.2 Å². The number of nitrogens with zero attached hydrogens (tertiary/aromatic N) is 1. The zero-order chi connectivity index (χ0) is 19.9. The highest BCUT2D eigenvalue weighted by molar-refractivity contribution is 7.92. The van der Waals surface area contributed by atoms with Gasteiger partial charge >= 0.3 is 0 Å². The lowest BCUT2D eigenvalue weighted by Gasteiger charge is -2.22. The van der Waals surface area contributed by atoms with Gasteiger partial charge in [0.25, 0.3) is 0 Å². The zero-order valence-electron chi connectivity index (χ0n) is 15.3. The molecule has 0 aliphatic carbocycles. The van der Waals surface area contributed by atoms with Crippen LogP contribution < -0.4 is 14.4 Å². The van der Waals surface area contributed by atoms with E-state index in [2.05, 4.69) is 5.32 Å². The second-order valence-corrected chi connectivity index (χ2v) is 8.21. The molecule has 6 nitrogen and oxygen atoms in total. The minimum atomic E-state index is -3.47. The van der Waals surface area contributed by atoms with Crippen molar-refractivity contribution in [1.29, 1.82) is 0 Å². The van der Waals surface area contributed by atoms with E-state index in [4.69, 9.17) is 16.3 Å². The molecule has 0 radical (unpaired) electrons. The van der Waals surface area contributed by atoms with Crippen LogP contribution in [0.4, 0.5) is 11.4 Å². The van der Waals surface area contributed by atoms with Crippen LogP contribution >= 0.6 is 11.6 Å². The predicted octanol–water partition coefficient (Wildman–Crippen LogP) is 3.92. The number of ether oxygens (including phenoxy) is 1. The molecule has 2 aromatic rings. The summed E-state index contributed by atoms with van der Waals surface area (Å²) in [6.07, 6.45) is 1.69. The van der Waals surface area contributed by atoms with Crippen molar-refractivity contribution in [1.82, 2.24) is 0 Å². The largest absolute Gasteiger partial charge is 0.494 e. The third-order valence-corrected chi connectivity index (χ3v) is 5.27. The molecule has 8 heteroatoms. The maximum Gasteiger partial charge on any atom is 0.232 e. The van der Waals surface area contributed by atoms with Crippen LogP contribution in [0.25, 0.3) is 0 Å². The molecule has 0 heterocycles. The number of amides is 1. The first kappa shape index (κ1) is 21.1. The summed E-state index contributed by atoms with van der Waals surface area (Å²) in [6.45, 7) is 2.61. The smallest absolute Gasteiger partial charge is 0.232 e. The van der Waals surface area contributed by atoms with Crippen molar-refractivity contribution in [3.8, 4) is 5.75 Å². The van der Waals surface area contributed by atoms with Crippen LogP contribution in [0.15, 0.2) is 48.5 Å². The fraction of sp³-hybridized carbons (Fsp3) is 0.316. The normalized spacial score (nSPS) is 11.1. The fourth-order valence-electron chi connectivity index (χ4n) is 2.52. The molecule has 0 bridgehead atoms. The van der Waals surface area contributed by atoms with E-state index in [1.807, 2.05) is 6.92 Å². The van der Waals surface area contributed by atoms with Crippen molar-refractivity contribution in [3.05, 3.63) is 53.6 Å². The first-order chi connectivity index (χ1) is 12.8. The molecule has 0 aliphatic heterocycles. The van der Waals surface area contributed by atoms with Gasteiger partial charge in [0, 0.05) is 13.0 Å². The molecule has 146 valence electrons. The number of sulfonamides is 1. The van der Waals surface area contributed by atoms with Gasteiger partial charge in [0.1, 0.15) is 5.75 Å². The highest BCUT2D eigenvalue weighted by Gasteiger charge is 2.18. The summed E-state index contributed by atoms with van der Waals surface area (Å²) in [5.41, 5.74) is 1.07. The number of benzene rings is 2. The Kier molecular flexibility index (Phi) is 7.50. The molecule has 0 aliphatic rings. The number of carbonyl (C=O) groups excluding carboxylic acids is 1. The number of carbonyl (C=O) groups is 1. The van der Waals surface area contributed by atoms with Crippen molar-refractivity contribution >= 4 is 38.9 Å². The summed E-state index contributed by atoms with van der Waals surface area (Å²) in [4.78, 5) is 12.1. The van der Waals surface area contributed by atoms with Gasteiger partial charge in [0.05, 0.1) is 29.3 Å².